The summed E-state index contributed by atoms with van der Waals surface area (Å²) in [6.07, 6.45) is -4.72. The third-order valence-corrected chi connectivity index (χ3v) is 3.65. The Morgan fingerprint density at radius 3 is 2.23 bits per heavy atom. The van der Waals surface area contributed by atoms with Gasteiger partial charge >= 0.3 is 6.18 Å². The van der Waals surface area contributed by atoms with Crippen molar-refractivity contribution in [2.24, 2.45) is 0 Å². The number of carbonyl (C=O) groups is 4. The number of carbonyl (C=O) groups excluding carboxylic acids is 4. The Labute approximate surface area is 146 Å². The third kappa shape index (κ3) is 4.80. The standard InChI is InChI=1S/C16H16F3N3O4/c1-9(23)20-11-3-2-10(16(17,18)19)8-12(11)21-13(24)6-7-22-14(25)4-5-15(22)26/h2-3,8H,4-7H2,1H3,(H,20,23)(H,21,24). The number of nitrogens with one attached hydrogen (secondary N) is 2. The Morgan fingerprint density at radius 1 is 1.08 bits per heavy atom. The van der Waals surface area contributed by atoms with Gasteiger partial charge in [-0.15, -0.1) is 0 Å². The Bertz CT molecular complexity index is 746. The van der Waals surface area contributed by atoms with E-state index < -0.39 is 23.6 Å². The van der Waals surface area contributed by atoms with Crippen LogP contribution in [0.1, 0.15) is 31.7 Å². The molecule has 1 fully saturated rings. The molecule has 0 unspecified atom stereocenters. The summed E-state index contributed by atoms with van der Waals surface area (Å²) in [5, 5.41) is 4.61. The summed E-state index contributed by atoms with van der Waals surface area (Å²) in [7, 11) is 0. The van der Waals surface area contributed by atoms with Crippen LogP contribution in [0.4, 0.5) is 24.5 Å². The van der Waals surface area contributed by atoms with Crippen molar-refractivity contribution >= 4 is 35.0 Å². The molecule has 2 rings (SSSR count). The number of amides is 4. The van der Waals surface area contributed by atoms with Gasteiger partial charge in [-0.3, -0.25) is 24.1 Å². The molecule has 0 spiro atoms. The average molecular weight is 371 g/mol. The lowest BCUT2D eigenvalue weighted by Crippen LogP contribution is -2.32. The van der Waals surface area contributed by atoms with Crippen LogP contribution in [0.25, 0.3) is 0 Å². The van der Waals surface area contributed by atoms with Crippen LogP contribution in [0.15, 0.2) is 18.2 Å². The highest BCUT2D eigenvalue weighted by atomic mass is 19.4. The molecule has 0 aliphatic carbocycles. The van der Waals surface area contributed by atoms with Crippen molar-refractivity contribution in [2.45, 2.75) is 32.4 Å². The molecule has 0 saturated carbocycles. The Balaban J connectivity index is 2.12. The molecule has 26 heavy (non-hydrogen) atoms. The topological polar surface area (TPSA) is 95.6 Å². The van der Waals surface area contributed by atoms with Gasteiger partial charge in [0, 0.05) is 32.7 Å². The molecule has 1 saturated heterocycles. The van der Waals surface area contributed by atoms with Crippen LogP contribution >= 0.6 is 0 Å². The molecule has 1 aromatic carbocycles. The normalized spacial score (nSPS) is 14.5. The number of nitrogens with zero attached hydrogens (tertiary/aromatic N) is 1. The van der Waals surface area contributed by atoms with E-state index in [9.17, 15) is 32.3 Å². The smallest absolute Gasteiger partial charge is 0.325 e. The number of anilines is 2. The maximum atomic E-state index is 12.9. The highest BCUT2D eigenvalue weighted by molar-refractivity contribution is 6.03. The third-order valence-electron chi connectivity index (χ3n) is 3.65. The van der Waals surface area contributed by atoms with Crippen molar-refractivity contribution < 1.29 is 32.3 Å². The van der Waals surface area contributed by atoms with Gasteiger partial charge in [-0.2, -0.15) is 13.2 Å². The number of halogens is 3. The van der Waals surface area contributed by atoms with Crippen LogP contribution < -0.4 is 10.6 Å². The second-order valence-electron chi connectivity index (χ2n) is 5.68. The monoisotopic (exact) mass is 371 g/mol. The van der Waals surface area contributed by atoms with Crippen molar-refractivity contribution in [1.82, 2.24) is 4.90 Å². The predicted octanol–water partition coefficient (Wildman–Crippen LogP) is 2.14. The molecular weight excluding hydrogens is 355 g/mol. The molecule has 1 aliphatic heterocycles. The summed E-state index contributed by atoms with van der Waals surface area (Å²) < 4.78 is 38.6. The Kier molecular flexibility index (Phi) is 5.63. The Hall–Kier alpha value is -2.91. The van der Waals surface area contributed by atoms with Crippen LogP contribution in [0.2, 0.25) is 0 Å². The quantitative estimate of drug-likeness (QED) is 0.775. The number of hydrogen-bond donors (Lipinski definition) is 2. The van der Waals surface area contributed by atoms with Crippen LogP contribution in [0.3, 0.4) is 0 Å². The molecule has 4 amide bonds. The number of likely N-dealkylation sites (tertiary alicyclic amines) is 1. The summed E-state index contributed by atoms with van der Waals surface area (Å²) in [6, 6.07) is 2.52. The first kappa shape index (κ1) is 19.4. The molecule has 10 heteroatoms. The minimum absolute atomic E-state index is 0.00664. The number of rotatable bonds is 5. The number of hydrogen-bond acceptors (Lipinski definition) is 4. The zero-order valence-electron chi connectivity index (χ0n) is 13.8. The molecule has 1 aromatic rings. The minimum Gasteiger partial charge on any atom is -0.325 e. The first-order chi connectivity index (χ1) is 12.1. The maximum Gasteiger partial charge on any atom is 0.416 e. The van der Waals surface area contributed by atoms with Gasteiger partial charge in [-0.05, 0) is 18.2 Å². The van der Waals surface area contributed by atoms with E-state index in [1.54, 1.807) is 0 Å². The minimum atomic E-state index is -4.62. The first-order valence-corrected chi connectivity index (χ1v) is 7.70. The van der Waals surface area contributed by atoms with Crippen LogP contribution in [0, 0.1) is 0 Å². The highest BCUT2D eigenvalue weighted by Gasteiger charge is 2.32. The molecular formula is C16H16F3N3O4. The molecule has 1 heterocycles. The second kappa shape index (κ2) is 7.54. The number of benzene rings is 1. The average Bonchev–Trinajstić information content (AvgIpc) is 2.84. The van der Waals surface area contributed by atoms with Crippen LogP contribution in [0.5, 0.6) is 0 Å². The van der Waals surface area contributed by atoms with E-state index in [0.29, 0.717) is 6.07 Å². The van der Waals surface area contributed by atoms with E-state index in [0.717, 1.165) is 17.0 Å². The van der Waals surface area contributed by atoms with E-state index >= 15 is 0 Å². The summed E-state index contributed by atoms with van der Waals surface area (Å²) in [4.78, 5) is 47.1. The van der Waals surface area contributed by atoms with Crippen molar-refractivity contribution in [3.05, 3.63) is 23.8 Å². The summed E-state index contributed by atoms with van der Waals surface area (Å²) in [5.41, 5.74) is -1.21. The Morgan fingerprint density at radius 2 is 1.69 bits per heavy atom. The van der Waals surface area contributed by atoms with E-state index in [2.05, 4.69) is 10.6 Å². The van der Waals surface area contributed by atoms with Crippen molar-refractivity contribution in [3.63, 3.8) is 0 Å². The molecule has 0 aromatic heterocycles. The molecule has 140 valence electrons. The van der Waals surface area contributed by atoms with Gasteiger partial charge in [0.2, 0.25) is 23.6 Å². The molecule has 0 radical (unpaired) electrons. The van der Waals surface area contributed by atoms with E-state index in [1.165, 1.54) is 6.92 Å². The van der Waals surface area contributed by atoms with E-state index in [-0.39, 0.29) is 49.0 Å². The summed E-state index contributed by atoms with van der Waals surface area (Å²) in [5.74, 6) is -1.99. The largest absolute Gasteiger partial charge is 0.416 e. The fourth-order valence-electron chi connectivity index (χ4n) is 2.42. The summed E-state index contributed by atoms with van der Waals surface area (Å²) >= 11 is 0. The van der Waals surface area contributed by atoms with Crippen molar-refractivity contribution in [1.29, 1.82) is 0 Å². The fourth-order valence-corrected chi connectivity index (χ4v) is 2.42. The lowest BCUT2D eigenvalue weighted by atomic mass is 10.1. The van der Waals surface area contributed by atoms with Gasteiger partial charge in [0.25, 0.3) is 0 Å². The lowest BCUT2D eigenvalue weighted by Gasteiger charge is -2.16. The van der Waals surface area contributed by atoms with Crippen molar-refractivity contribution in [2.75, 3.05) is 17.2 Å². The SMILES string of the molecule is CC(=O)Nc1ccc(C(F)(F)F)cc1NC(=O)CCN1C(=O)CCC1=O. The summed E-state index contributed by atoms with van der Waals surface area (Å²) in [6.45, 7) is 1.02. The second-order valence-corrected chi connectivity index (χ2v) is 5.68. The van der Waals surface area contributed by atoms with Gasteiger partial charge in [0.15, 0.2) is 0 Å². The number of alkyl halides is 3. The van der Waals surface area contributed by atoms with E-state index in [4.69, 9.17) is 0 Å². The molecule has 7 nitrogen and oxygen atoms in total. The van der Waals surface area contributed by atoms with Gasteiger partial charge < -0.3 is 10.6 Å². The highest BCUT2D eigenvalue weighted by Crippen LogP contribution is 2.34. The molecule has 2 N–H and O–H groups in total. The van der Waals surface area contributed by atoms with Crippen molar-refractivity contribution in [3.8, 4) is 0 Å². The zero-order valence-corrected chi connectivity index (χ0v) is 13.8. The fraction of sp³-hybridized carbons (Fsp3) is 0.375. The van der Waals surface area contributed by atoms with Gasteiger partial charge in [0.1, 0.15) is 0 Å². The predicted molar refractivity (Wildman–Crippen MR) is 84.9 cm³/mol. The van der Waals surface area contributed by atoms with Gasteiger partial charge in [0.05, 0.1) is 16.9 Å². The first-order valence-electron chi connectivity index (χ1n) is 7.70. The zero-order chi connectivity index (χ0) is 19.5. The number of imide groups is 1. The lowest BCUT2D eigenvalue weighted by molar-refractivity contribution is -0.139. The molecule has 0 atom stereocenters. The van der Waals surface area contributed by atoms with Gasteiger partial charge in [-0.1, -0.05) is 0 Å². The van der Waals surface area contributed by atoms with E-state index in [1.807, 2.05) is 0 Å². The van der Waals surface area contributed by atoms with Gasteiger partial charge in [-0.25, -0.2) is 0 Å². The van der Waals surface area contributed by atoms with Crippen LogP contribution in [-0.2, 0) is 25.4 Å². The maximum absolute atomic E-state index is 12.9. The molecule has 1 aliphatic rings. The van der Waals surface area contributed by atoms with Crippen LogP contribution in [-0.4, -0.2) is 35.1 Å². The molecule has 0 bridgehead atoms.